The lowest BCUT2D eigenvalue weighted by Gasteiger charge is -2.28. The third kappa shape index (κ3) is 3.31. The van der Waals surface area contributed by atoms with Crippen LogP contribution in [0.5, 0.6) is 0 Å². The van der Waals surface area contributed by atoms with E-state index in [9.17, 15) is 9.59 Å². The second-order valence-electron chi connectivity index (χ2n) is 7.08. The lowest BCUT2D eigenvalue weighted by molar-refractivity contribution is 0.0937. The highest BCUT2D eigenvalue weighted by Crippen LogP contribution is 2.30. The third-order valence-electron chi connectivity index (χ3n) is 5.25. The highest BCUT2D eigenvalue weighted by molar-refractivity contribution is 6.05. The van der Waals surface area contributed by atoms with Crippen molar-refractivity contribution < 1.29 is 9.59 Å². The van der Waals surface area contributed by atoms with Gasteiger partial charge in [0.05, 0.1) is 11.7 Å². The van der Waals surface area contributed by atoms with Gasteiger partial charge in [-0.3, -0.25) is 9.59 Å². The number of benzene rings is 1. The van der Waals surface area contributed by atoms with Gasteiger partial charge >= 0.3 is 0 Å². The van der Waals surface area contributed by atoms with E-state index in [0.29, 0.717) is 11.3 Å². The van der Waals surface area contributed by atoms with Gasteiger partial charge in [0.1, 0.15) is 0 Å². The Morgan fingerprint density at radius 1 is 1.24 bits per heavy atom. The molecule has 0 unspecified atom stereocenters. The number of Topliss-reactive ketones (excluding diaryl/α,β-unsaturated/α-hetero) is 2. The number of rotatable bonds is 5. The predicted octanol–water partition coefficient (Wildman–Crippen LogP) is 4.07. The average Bonchev–Trinajstić information content (AvgIpc) is 2.89. The van der Waals surface area contributed by atoms with Gasteiger partial charge in [-0.15, -0.1) is 0 Å². The summed E-state index contributed by atoms with van der Waals surface area (Å²) in [6, 6.07) is 8.35. The molecule has 0 saturated heterocycles. The van der Waals surface area contributed by atoms with Crippen LogP contribution in [0.2, 0.25) is 0 Å². The molecule has 2 N–H and O–H groups in total. The van der Waals surface area contributed by atoms with Crippen molar-refractivity contribution in [1.29, 1.82) is 0 Å². The number of H-pyrrole nitrogens is 1. The molecule has 4 heteroatoms. The van der Waals surface area contributed by atoms with Crippen LogP contribution in [0.15, 0.2) is 24.3 Å². The minimum atomic E-state index is -0.312. The molecule has 2 aromatic rings. The Bertz CT molecular complexity index is 819. The first-order valence-electron chi connectivity index (χ1n) is 8.98. The highest BCUT2D eigenvalue weighted by Gasteiger charge is 2.27. The van der Waals surface area contributed by atoms with Gasteiger partial charge in [0.15, 0.2) is 11.6 Å². The van der Waals surface area contributed by atoms with Crippen LogP contribution < -0.4 is 5.32 Å². The first kappa shape index (κ1) is 17.6. The van der Waals surface area contributed by atoms with E-state index < -0.39 is 0 Å². The summed E-state index contributed by atoms with van der Waals surface area (Å²) in [4.78, 5) is 27.9. The van der Waals surface area contributed by atoms with Crippen LogP contribution in [0.4, 0.5) is 0 Å². The quantitative estimate of drug-likeness (QED) is 0.808. The minimum Gasteiger partial charge on any atom is -0.355 e. The average molecular weight is 338 g/mol. The summed E-state index contributed by atoms with van der Waals surface area (Å²) in [5, 5.41) is 3.50. The molecule has 1 heterocycles. The predicted molar refractivity (Wildman–Crippen MR) is 99.3 cm³/mol. The first-order valence-corrected chi connectivity index (χ1v) is 8.98. The number of carbonyl (C=O) groups is 2. The van der Waals surface area contributed by atoms with E-state index in [2.05, 4.69) is 34.6 Å². The Balaban J connectivity index is 1.81. The molecule has 3 rings (SSSR count). The van der Waals surface area contributed by atoms with Crippen molar-refractivity contribution in [2.24, 2.45) is 0 Å². The fourth-order valence-corrected chi connectivity index (χ4v) is 4.05. The van der Waals surface area contributed by atoms with E-state index in [-0.39, 0.29) is 23.7 Å². The number of hydrogen-bond donors (Lipinski definition) is 2. The second-order valence-corrected chi connectivity index (χ2v) is 7.08. The summed E-state index contributed by atoms with van der Waals surface area (Å²) in [5.74, 6) is 0.00303. The first-order chi connectivity index (χ1) is 11.9. The molecule has 2 atom stereocenters. The molecule has 0 fully saturated rings. The van der Waals surface area contributed by atoms with E-state index in [1.165, 1.54) is 18.1 Å². The molecule has 0 bridgehead atoms. The molecule has 132 valence electrons. The van der Waals surface area contributed by atoms with Crippen molar-refractivity contribution in [3.8, 4) is 0 Å². The van der Waals surface area contributed by atoms with E-state index in [1.807, 2.05) is 20.8 Å². The van der Waals surface area contributed by atoms with Crippen molar-refractivity contribution in [1.82, 2.24) is 10.3 Å². The van der Waals surface area contributed by atoms with Crippen LogP contribution >= 0.6 is 0 Å². The van der Waals surface area contributed by atoms with E-state index >= 15 is 0 Å². The van der Waals surface area contributed by atoms with Crippen molar-refractivity contribution in [2.45, 2.75) is 59.0 Å². The molecule has 0 aliphatic heterocycles. The van der Waals surface area contributed by atoms with E-state index in [4.69, 9.17) is 0 Å². The Hall–Kier alpha value is -2.20. The van der Waals surface area contributed by atoms with Crippen LogP contribution in [0.25, 0.3) is 0 Å². The maximum absolute atomic E-state index is 12.9. The molecule has 25 heavy (non-hydrogen) atoms. The smallest absolute Gasteiger partial charge is 0.195 e. The Morgan fingerprint density at radius 3 is 2.64 bits per heavy atom. The molecular weight excluding hydrogens is 312 g/mol. The van der Waals surface area contributed by atoms with E-state index in [1.54, 1.807) is 0 Å². The van der Waals surface area contributed by atoms with Gasteiger partial charge in [0.2, 0.25) is 0 Å². The van der Waals surface area contributed by atoms with Gasteiger partial charge in [0, 0.05) is 17.3 Å². The zero-order chi connectivity index (χ0) is 18.1. The normalized spacial score (nSPS) is 17.8. The number of ketones is 2. The van der Waals surface area contributed by atoms with Crippen molar-refractivity contribution in [2.75, 3.05) is 0 Å². The summed E-state index contributed by atoms with van der Waals surface area (Å²) in [7, 11) is 0. The summed E-state index contributed by atoms with van der Waals surface area (Å²) >= 11 is 0. The molecule has 0 spiro atoms. The van der Waals surface area contributed by atoms with Crippen LogP contribution in [0, 0.1) is 13.8 Å². The van der Waals surface area contributed by atoms with Gasteiger partial charge in [-0.25, -0.2) is 0 Å². The second kappa shape index (κ2) is 6.96. The summed E-state index contributed by atoms with van der Waals surface area (Å²) < 4.78 is 0. The maximum atomic E-state index is 12.9. The molecule has 4 nitrogen and oxygen atoms in total. The lowest BCUT2D eigenvalue weighted by atomic mass is 9.87. The zero-order valence-corrected chi connectivity index (χ0v) is 15.4. The molecule has 1 aliphatic rings. The largest absolute Gasteiger partial charge is 0.355 e. The van der Waals surface area contributed by atoms with Gasteiger partial charge in [-0.1, -0.05) is 24.3 Å². The van der Waals surface area contributed by atoms with E-state index in [0.717, 1.165) is 30.5 Å². The van der Waals surface area contributed by atoms with Crippen molar-refractivity contribution >= 4 is 11.6 Å². The minimum absolute atomic E-state index is 0.00730. The monoisotopic (exact) mass is 338 g/mol. The van der Waals surface area contributed by atoms with Crippen molar-refractivity contribution in [3.05, 3.63) is 57.9 Å². The van der Waals surface area contributed by atoms with Crippen molar-refractivity contribution in [3.63, 3.8) is 0 Å². The van der Waals surface area contributed by atoms with Crippen LogP contribution in [0.1, 0.15) is 76.0 Å². The highest BCUT2D eigenvalue weighted by atomic mass is 16.1. The number of hydrogen-bond acceptors (Lipinski definition) is 3. The summed E-state index contributed by atoms with van der Waals surface area (Å²) in [6.45, 7) is 7.13. The Kier molecular flexibility index (Phi) is 4.91. The molecule has 1 aromatic heterocycles. The Morgan fingerprint density at radius 2 is 1.96 bits per heavy atom. The fraction of sp³-hybridized carbons (Fsp3) is 0.429. The number of fused-ring (bicyclic) bond motifs is 1. The third-order valence-corrected chi connectivity index (χ3v) is 5.25. The lowest BCUT2D eigenvalue weighted by Crippen LogP contribution is -2.38. The number of aromatic nitrogens is 1. The standard InChI is InChI=1S/C21H26N2O2/c1-12-19(15(4)24)13(2)23-20(12)21(25)14(3)22-18-11-7-9-16-8-5-6-10-17(16)18/h5-6,8,10,14,18,22-23H,7,9,11H2,1-4H3/t14-,18-/m0/s1. The molecule has 1 aromatic carbocycles. The summed E-state index contributed by atoms with van der Waals surface area (Å²) in [5.41, 5.74) is 5.38. The van der Waals surface area contributed by atoms with Gasteiger partial charge in [0.25, 0.3) is 0 Å². The number of aromatic amines is 1. The van der Waals surface area contributed by atoms with Crippen LogP contribution in [-0.2, 0) is 6.42 Å². The maximum Gasteiger partial charge on any atom is 0.195 e. The van der Waals surface area contributed by atoms with Crippen LogP contribution in [0.3, 0.4) is 0 Å². The fourth-order valence-electron chi connectivity index (χ4n) is 4.05. The molecule has 0 radical (unpaired) electrons. The number of nitrogens with one attached hydrogen (secondary N) is 2. The topological polar surface area (TPSA) is 62.0 Å². The van der Waals surface area contributed by atoms with Gasteiger partial charge in [-0.2, -0.15) is 0 Å². The van der Waals surface area contributed by atoms with Gasteiger partial charge in [-0.05, 0) is 63.6 Å². The zero-order valence-electron chi connectivity index (χ0n) is 15.4. The molecule has 0 saturated carbocycles. The SMILES string of the molecule is CC(=O)c1c(C)[nH]c(C(=O)[C@H](C)N[C@H]2CCCc3ccccc32)c1C. The summed E-state index contributed by atoms with van der Waals surface area (Å²) in [6.07, 6.45) is 3.27. The molecule has 0 amide bonds. The van der Waals surface area contributed by atoms with Crippen LogP contribution in [-0.4, -0.2) is 22.6 Å². The number of carbonyl (C=O) groups excluding carboxylic acids is 2. The molecule has 1 aliphatic carbocycles. The number of aryl methyl sites for hydroxylation is 2. The van der Waals surface area contributed by atoms with Gasteiger partial charge < -0.3 is 10.3 Å². The Labute approximate surface area is 149 Å². The molecular formula is C21H26N2O2.